The van der Waals surface area contributed by atoms with Gasteiger partial charge in [0.25, 0.3) is 0 Å². The van der Waals surface area contributed by atoms with Gasteiger partial charge in [-0.05, 0) is 41.8 Å². The van der Waals surface area contributed by atoms with E-state index in [9.17, 15) is 4.79 Å². The second kappa shape index (κ2) is 10.9. The number of amides is 1. The fraction of sp³-hybridized carbons (Fsp3) is 0.208. The van der Waals surface area contributed by atoms with Crippen molar-refractivity contribution < 1.29 is 14.3 Å². The van der Waals surface area contributed by atoms with Gasteiger partial charge in [-0.3, -0.25) is 5.32 Å². The minimum Gasteiger partial charge on any atom is -0.487 e. The second-order valence-corrected chi connectivity index (χ2v) is 6.63. The van der Waals surface area contributed by atoms with Crippen LogP contribution in [0.3, 0.4) is 0 Å². The van der Waals surface area contributed by atoms with Crippen LogP contribution in [0, 0.1) is 0 Å². The Morgan fingerprint density at radius 1 is 0.862 bits per heavy atom. The summed E-state index contributed by atoms with van der Waals surface area (Å²) < 4.78 is 10.7. The van der Waals surface area contributed by atoms with Gasteiger partial charge in [-0.15, -0.1) is 0 Å². The number of benzene rings is 3. The third-order valence-electron chi connectivity index (χ3n) is 4.47. The van der Waals surface area contributed by atoms with Gasteiger partial charge >= 0.3 is 6.09 Å². The Kier molecular flexibility index (Phi) is 7.66. The first-order valence-corrected chi connectivity index (χ1v) is 9.64. The highest BCUT2D eigenvalue weighted by atomic mass is 16.5. The molecule has 150 valence electrons. The number of hydrogen-bond acceptors (Lipinski definition) is 4. The number of ether oxygens (including phenoxy) is 2. The number of nitrogens with one attached hydrogen (secondary N) is 2. The van der Waals surface area contributed by atoms with Crippen LogP contribution in [-0.4, -0.2) is 19.7 Å². The molecule has 0 heterocycles. The largest absolute Gasteiger partial charge is 0.487 e. The van der Waals surface area contributed by atoms with Gasteiger partial charge in [0.15, 0.2) is 0 Å². The molecule has 0 atom stereocenters. The van der Waals surface area contributed by atoms with Gasteiger partial charge in [-0.1, -0.05) is 66.7 Å². The summed E-state index contributed by atoms with van der Waals surface area (Å²) in [5.74, 6) is 0.611. The van der Waals surface area contributed by atoms with Crippen molar-refractivity contribution in [2.45, 2.75) is 19.6 Å². The maximum atomic E-state index is 11.7. The monoisotopic (exact) mass is 390 g/mol. The fourth-order valence-electron chi connectivity index (χ4n) is 2.91. The lowest BCUT2D eigenvalue weighted by atomic mass is 10.1. The predicted molar refractivity (Wildman–Crippen MR) is 115 cm³/mol. The first kappa shape index (κ1) is 20.4. The summed E-state index contributed by atoms with van der Waals surface area (Å²) in [4.78, 5) is 11.7. The summed E-state index contributed by atoms with van der Waals surface area (Å²) in [5, 5.41) is 6.19. The Labute approximate surface area is 171 Å². The van der Waals surface area contributed by atoms with Crippen LogP contribution < -0.4 is 15.4 Å². The van der Waals surface area contributed by atoms with E-state index in [1.165, 1.54) is 12.7 Å². The molecular weight excluding hydrogens is 364 g/mol. The third kappa shape index (κ3) is 6.66. The Morgan fingerprint density at radius 3 is 2.24 bits per heavy atom. The molecule has 0 saturated heterocycles. The van der Waals surface area contributed by atoms with Crippen molar-refractivity contribution in [3.63, 3.8) is 0 Å². The van der Waals surface area contributed by atoms with Crippen molar-refractivity contribution in [3.05, 3.63) is 95.6 Å². The zero-order valence-corrected chi connectivity index (χ0v) is 16.6. The van der Waals surface area contributed by atoms with Gasteiger partial charge < -0.3 is 14.8 Å². The number of hydrogen-bond donors (Lipinski definition) is 2. The molecule has 0 aliphatic carbocycles. The number of methoxy groups -OCH3 is 1. The van der Waals surface area contributed by atoms with E-state index in [1.807, 2.05) is 66.7 Å². The normalized spacial score (nSPS) is 10.4. The molecule has 0 saturated carbocycles. The number of carbonyl (C=O) groups excluding carboxylic acids is 1. The summed E-state index contributed by atoms with van der Waals surface area (Å²) in [6.45, 7) is 2.08. The molecule has 0 unspecified atom stereocenters. The molecule has 3 aromatic rings. The van der Waals surface area contributed by atoms with Gasteiger partial charge in [-0.2, -0.15) is 0 Å². The average Bonchev–Trinajstić information content (AvgIpc) is 2.77. The summed E-state index contributed by atoms with van der Waals surface area (Å²) in [7, 11) is 1.34. The molecule has 5 nitrogen and oxygen atoms in total. The highest BCUT2D eigenvalue weighted by Gasteiger charge is 2.10. The van der Waals surface area contributed by atoms with E-state index in [0.29, 0.717) is 18.0 Å². The lowest BCUT2D eigenvalue weighted by molar-refractivity contribution is 0.186. The van der Waals surface area contributed by atoms with Crippen molar-refractivity contribution in [1.82, 2.24) is 5.32 Å². The summed E-state index contributed by atoms with van der Waals surface area (Å²) in [6, 6.07) is 26.0. The lowest BCUT2D eigenvalue weighted by Crippen LogP contribution is -2.17. The van der Waals surface area contributed by atoms with Gasteiger partial charge in [0.2, 0.25) is 0 Å². The van der Waals surface area contributed by atoms with Gasteiger partial charge in [-0.25, -0.2) is 4.79 Å². The molecule has 0 aliphatic heterocycles. The highest BCUT2D eigenvalue weighted by molar-refractivity contribution is 5.86. The number of anilines is 1. The van der Waals surface area contributed by atoms with Crippen LogP contribution in [0.1, 0.15) is 16.7 Å². The van der Waals surface area contributed by atoms with Gasteiger partial charge in [0.05, 0.1) is 12.8 Å². The maximum Gasteiger partial charge on any atom is 0.411 e. The fourth-order valence-corrected chi connectivity index (χ4v) is 2.91. The Bertz CT molecular complexity index is 899. The van der Waals surface area contributed by atoms with E-state index in [0.717, 1.165) is 30.6 Å². The van der Waals surface area contributed by atoms with Gasteiger partial charge in [0.1, 0.15) is 12.4 Å². The van der Waals surface area contributed by atoms with Crippen LogP contribution in [0.25, 0.3) is 0 Å². The van der Waals surface area contributed by atoms with Crippen LogP contribution in [-0.2, 0) is 24.3 Å². The predicted octanol–water partition coefficient (Wildman–Crippen LogP) is 4.78. The van der Waals surface area contributed by atoms with Crippen molar-refractivity contribution in [1.29, 1.82) is 0 Å². The quantitative estimate of drug-likeness (QED) is 0.517. The molecule has 0 radical (unpaired) electrons. The third-order valence-corrected chi connectivity index (χ3v) is 4.47. The average molecular weight is 390 g/mol. The molecule has 0 aromatic heterocycles. The summed E-state index contributed by atoms with van der Waals surface area (Å²) >= 11 is 0. The van der Waals surface area contributed by atoms with Crippen LogP contribution in [0.15, 0.2) is 78.9 Å². The molecule has 0 spiro atoms. The topological polar surface area (TPSA) is 59.6 Å². The second-order valence-electron chi connectivity index (χ2n) is 6.63. The SMILES string of the molecule is COC(=O)Nc1cc(CCNCc2ccccc2)ccc1OCc1ccccc1. The van der Waals surface area contributed by atoms with Crippen molar-refractivity contribution in [3.8, 4) is 5.75 Å². The molecule has 0 fully saturated rings. The van der Waals surface area contributed by atoms with Crippen LogP contribution in [0.5, 0.6) is 5.75 Å². The molecule has 3 aromatic carbocycles. The summed E-state index contributed by atoms with van der Waals surface area (Å²) in [5.41, 5.74) is 4.02. The standard InChI is InChI=1S/C24H26N2O3/c1-28-24(27)26-22-16-19(14-15-25-17-20-8-4-2-5-9-20)12-13-23(22)29-18-21-10-6-3-7-11-21/h2-13,16,25H,14-15,17-18H2,1H3,(H,26,27). The van der Waals surface area contributed by atoms with E-state index < -0.39 is 6.09 Å². The van der Waals surface area contributed by atoms with Crippen LogP contribution >= 0.6 is 0 Å². The molecule has 3 rings (SSSR count). The van der Waals surface area contributed by atoms with E-state index in [2.05, 4.69) is 22.8 Å². The van der Waals surface area contributed by atoms with E-state index in [1.54, 1.807) is 0 Å². The number of carbonyl (C=O) groups is 1. The first-order valence-electron chi connectivity index (χ1n) is 9.64. The molecule has 1 amide bonds. The molecule has 0 aliphatic rings. The van der Waals surface area contributed by atoms with E-state index in [4.69, 9.17) is 9.47 Å². The van der Waals surface area contributed by atoms with Crippen molar-refractivity contribution >= 4 is 11.8 Å². The molecule has 29 heavy (non-hydrogen) atoms. The Morgan fingerprint density at radius 2 is 1.55 bits per heavy atom. The summed E-state index contributed by atoms with van der Waals surface area (Å²) in [6.07, 6.45) is 0.315. The zero-order valence-electron chi connectivity index (χ0n) is 16.6. The zero-order chi connectivity index (χ0) is 20.3. The Balaban J connectivity index is 1.60. The molecule has 5 heteroatoms. The smallest absolute Gasteiger partial charge is 0.411 e. The van der Waals surface area contributed by atoms with Crippen molar-refractivity contribution in [2.75, 3.05) is 19.0 Å². The lowest BCUT2D eigenvalue weighted by Gasteiger charge is -2.14. The van der Waals surface area contributed by atoms with Crippen LogP contribution in [0.4, 0.5) is 10.5 Å². The maximum absolute atomic E-state index is 11.7. The highest BCUT2D eigenvalue weighted by Crippen LogP contribution is 2.27. The molecule has 0 bridgehead atoms. The van der Waals surface area contributed by atoms with Gasteiger partial charge in [0, 0.05) is 6.54 Å². The molecule has 2 N–H and O–H groups in total. The first-order chi connectivity index (χ1) is 14.2. The number of rotatable bonds is 9. The Hall–Kier alpha value is -3.31. The van der Waals surface area contributed by atoms with Crippen molar-refractivity contribution in [2.24, 2.45) is 0 Å². The van der Waals surface area contributed by atoms with E-state index >= 15 is 0 Å². The minimum atomic E-state index is -0.520. The van der Waals surface area contributed by atoms with E-state index in [-0.39, 0.29) is 0 Å². The minimum absolute atomic E-state index is 0.425. The van der Waals surface area contributed by atoms with Crippen LogP contribution in [0.2, 0.25) is 0 Å². The molecular formula is C24H26N2O3.